The highest BCUT2D eigenvalue weighted by Gasteiger charge is 2.37. The number of fused-ring (bicyclic) bond motifs is 1. The maximum atomic E-state index is 13.6. The van der Waals surface area contributed by atoms with Crippen LogP contribution in [0.25, 0.3) is 0 Å². The lowest BCUT2D eigenvalue weighted by Gasteiger charge is -2.40. The molecule has 0 spiro atoms. The Morgan fingerprint density at radius 3 is 2.44 bits per heavy atom. The molecular formula is C26H35NO4S. The van der Waals surface area contributed by atoms with E-state index < -0.39 is 10.0 Å². The van der Waals surface area contributed by atoms with Crippen LogP contribution in [-0.2, 0) is 21.2 Å². The van der Waals surface area contributed by atoms with Crippen molar-refractivity contribution < 1.29 is 17.9 Å². The number of sulfonamides is 1. The van der Waals surface area contributed by atoms with Gasteiger partial charge in [-0.1, -0.05) is 39.8 Å². The Balaban J connectivity index is 1.56. The lowest BCUT2D eigenvalue weighted by atomic mass is 9.81. The van der Waals surface area contributed by atoms with Gasteiger partial charge >= 0.3 is 0 Å². The van der Waals surface area contributed by atoms with E-state index in [2.05, 4.69) is 39.8 Å². The summed E-state index contributed by atoms with van der Waals surface area (Å²) in [5, 5.41) is 0. The molecule has 0 saturated carbocycles. The Bertz CT molecular complexity index is 1040. The molecule has 0 aromatic heterocycles. The van der Waals surface area contributed by atoms with Gasteiger partial charge in [-0.3, -0.25) is 4.31 Å². The lowest BCUT2D eigenvalue weighted by Crippen LogP contribution is -2.44. The molecule has 2 aliphatic rings. The molecule has 2 heterocycles. The molecule has 0 aliphatic carbocycles. The Labute approximate surface area is 192 Å². The molecule has 0 unspecified atom stereocenters. The second-order valence-electron chi connectivity index (χ2n) is 10.2. The summed E-state index contributed by atoms with van der Waals surface area (Å²) in [6.45, 7) is 11.3. The van der Waals surface area contributed by atoms with Crippen LogP contribution in [0.4, 0.5) is 5.69 Å². The van der Waals surface area contributed by atoms with Crippen LogP contribution in [0.1, 0.15) is 57.6 Å². The van der Waals surface area contributed by atoms with Crippen molar-refractivity contribution >= 4 is 15.7 Å². The number of nitrogens with zero attached hydrogens (tertiary/aromatic N) is 1. The first-order valence-corrected chi connectivity index (χ1v) is 13.1. The molecule has 174 valence electrons. The standard InChI is InChI=1S/C26H35NO4S/c1-19(2)21-5-10-25-22(15-21)16-26(3,4)18-27(25)32(28,29)24-8-6-23(7-9-24)31-17-20-11-13-30-14-12-20/h5-10,15,19-20H,11-14,16-18H2,1-4H3. The van der Waals surface area contributed by atoms with E-state index in [9.17, 15) is 8.42 Å². The summed E-state index contributed by atoms with van der Waals surface area (Å²) in [5.41, 5.74) is 3.01. The van der Waals surface area contributed by atoms with Crippen molar-refractivity contribution in [1.82, 2.24) is 0 Å². The third-order valence-corrected chi connectivity index (χ3v) is 8.29. The number of benzene rings is 2. The highest BCUT2D eigenvalue weighted by molar-refractivity contribution is 7.92. The minimum atomic E-state index is -3.67. The Morgan fingerprint density at radius 2 is 1.78 bits per heavy atom. The van der Waals surface area contributed by atoms with Crippen molar-refractivity contribution in [3.63, 3.8) is 0 Å². The van der Waals surface area contributed by atoms with Crippen LogP contribution in [0, 0.1) is 11.3 Å². The summed E-state index contributed by atoms with van der Waals surface area (Å²) in [6.07, 6.45) is 2.89. The largest absolute Gasteiger partial charge is 0.493 e. The predicted molar refractivity (Wildman–Crippen MR) is 128 cm³/mol. The van der Waals surface area contributed by atoms with E-state index in [1.54, 1.807) is 28.6 Å². The molecule has 32 heavy (non-hydrogen) atoms. The molecule has 2 aromatic rings. The molecule has 1 fully saturated rings. The Kier molecular flexibility index (Phi) is 6.55. The number of anilines is 1. The van der Waals surface area contributed by atoms with Gasteiger partial charge in [-0.2, -0.15) is 0 Å². The summed E-state index contributed by atoms with van der Waals surface area (Å²) in [5.74, 6) is 1.61. The van der Waals surface area contributed by atoms with Gasteiger partial charge in [-0.15, -0.1) is 0 Å². The average Bonchev–Trinajstić information content (AvgIpc) is 2.77. The molecular weight excluding hydrogens is 422 g/mol. The smallest absolute Gasteiger partial charge is 0.264 e. The van der Waals surface area contributed by atoms with Crippen LogP contribution >= 0.6 is 0 Å². The van der Waals surface area contributed by atoms with Gasteiger partial charge < -0.3 is 9.47 Å². The van der Waals surface area contributed by atoms with E-state index in [-0.39, 0.29) is 5.41 Å². The Hall–Kier alpha value is -2.05. The van der Waals surface area contributed by atoms with Crippen LogP contribution < -0.4 is 9.04 Å². The summed E-state index contributed by atoms with van der Waals surface area (Å²) in [7, 11) is -3.67. The normalized spacial score (nSPS) is 19.1. The van der Waals surface area contributed by atoms with E-state index in [1.807, 2.05) is 6.07 Å². The van der Waals surface area contributed by atoms with E-state index in [0.717, 1.165) is 43.7 Å². The zero-order valence-corrected chi connectivity index (χ0v) is 20.5. The number of hydrogen-bond donors (Lipinski definition) is 0. The monoisotopic (exact) mass is 457 g/mol. The predicted octanol–water partition coefficient (Wildman–Crippen LogP) is 5.39. The fourth-order valence-corrected chi connectivity index (χ4v) is 6.26. The summed E-state index contributed by atoms with van der Waals surface area (Å²) in [6, 6.07) is 13.1. The fourth-order valence-electron chi connectivity index (χ4n) is 4.57. The number of ether oxygens (including phenoxy) is 2. The fraction of sp³-hybridized carbons (Fsp3) is 0.538. The van der Waals surface area contributed by atoms with Crippen LogP contribution in [0.3, 0.4) is 0 Å². The first-order valence-electron chi connectivity index (χ1n) is 11.6. The maximum Gasteiger partial charge on any atom is 0.264 e. The van der Waals surface area contributed by atoms with Gasteiger partial charge in [0.2, 0.25) is 0 Å². The van der Waals surface area contributed by atoms with E-state index in [0.29, 0.717) is 35.6 Å². The molecule has 0 atom stereocenters. The molecule has 5 nitrogen and oxygen atoms in total. The quantitative estimate of drug-likeness (QED) is 0.583. The second-order valence-corrected chi connectivity index (χ2v) is 12.1. The third kappa shape index (κ3) is 4.96. The molecule has 0 radical (unpaired) electrons. The van der Waals surface area contributed by atoms with Crippen molar-refractivity contribution in [2.45, 2.75) is 57.8 Å². The van der Waals surface area contributed by atoms with Crippen molar-refractivity contribution in [3.05, 3.63) is 53.6 Å². The van der Waals surface area contributed by atoms with Crippen molar-refractivity contribution in [2.75, 3.05) is 30.7 Å². The SMILES string of the molecule is CC(C)c1ccc2c(c1)CC(C)(C)CN2S(=O)(=O)c1ccc(OCC2CCOCC2)cc1. The first kappa shape index (κ1) is 23.1. The van der Waals surface area contributed by atoms with Gasteiger partial charge in [0.05, 0.1) is 17.2 Å². The van der Waals surface area contributed by atoms with E-state index in [4.69, 9.17) is 9.47 Å². The molecule has 0 amide bonds. The topological polar surface area (TPSA) is 55.8 Å². The van der Waals surface area contributed by atoms with Crippen molar-refractivity contribution in [2.24, 2.45) is 11.3 Å². The van der Waals surface area contributed by atoms with E-state index in [1.165, 1.54) is 5.56 Å². The highest BCUT2D eigenvalue weighted by atomic mass is 32.2. The maximum absolute atomic E-state index is 13.6. The van der Waals surface area contributed by atoms with Gasteiger partial charge in [0, 0.05) is 19.8 Å². The summed E-state index contributed by atoms with van der Waals surface area (Å²) < 4.78 is 40.2. The molecule has 4 rings (SSSR count). The number of hydrogen-bond acceptors (Lipinski definition) is 4. The van der Waals surface area contributed by atoms with Crippen LogP contribution in [0.15, 0.2) is 47.4 Å². The van der Waals surface area contributed by atoms with Crippen LogP contribution in [-0.4, -0.2) is 34.8 Å². The molecule has 6 heteroatoms. The second kappa shape index (κ2) is 9.06. The molecule has 2 aliphatic heterocycles. The molecule has 0 bridgehead atoms. The average molecular weight is 458 g/mol. The van der Waals surface area contributed by atoms with Gasteiger partial charge in [-0.05, 0) is 78.0 Å². The van der Waals surface area contributed by atoms with Gasteiger partial charge in [0.1, 0.15) is 5.75 Å². The van der Waals surface area contributed by atoms with Crippen LogP contribution in [0.5, 0.6) is 5.75 Å². The van der Waals surface area contributed by atoms with Gasteiger partial charge in [0.25, 0.3) is 10.0 Å². The first-order chi connectivity index (χ1) is 15.2. The van der Waals surface area contributed by atoms with Crippen molar-refractivity contribution in [1.29, 1.82) is 0 Å². The molecule has 0 N–H and O–H groups in total. The van der Waals surface area contributed by atoms with Gasteiger partial charge in [0.15, 0.2) is 0 Å². The minimum absolute atomic E-state index is 0.136. The minimum Gasteiger partial charge on any atom is -0.493 e. The van der Waals surface area contributed by atoms with Crippen molar-refractivity contribution in [3.8, 4) is 5.75 Å². The number of rotatable bonds is 6. The lowest BCUT2D eigenvalue weighted by molar-refractivity contribution is 0.0497. The third-order valence-electron chi connectivity index (χ3n) is 6.52. The highest BCUT2D eigenvalue weighted by Crippen LogP contribution is 2.40. The summed E-state index contributed by atoms with van der Waals surface area (Å²) >= 11 is 0. The molecule has 1 saturated heterocycles. The Morgan fingerprint density at radius 1 is 1.09 bits per heavy atom. The zero-order chi connectivity index (χ0) is 22.9. The van der Waals surface area contributed by atoms with Gasteiger partial charge in [-0.25, -0.2) is 8.42 Å². The zero-order valence-electron chi connectivity index (χ0n) is 19.6. The molecule has 2 aromatic carbocycles. The summed E-state index contributed by atoms with van der Waals surface area (Å²) in [4.78, 5) is 0.299. The van der Waals surface area contributed by atoms with E-state index >= 15 is 0 Å². The van der Waals surface area contributed by atoms with Crippen LogP contribution in [0.2, 0.25) is 0 Å².